The van der Waals surface area contributed by atoms with E-state index in [0.717, 1.165) is 40.6 Å². The fourth-order valence-electron chi connectivity index (χ4n) is 3.86. The summed E-state index contributed by atoms with van der Waals surface area (Å²) >= 11 is 0. The van der Waals surface area contributed by atoms with Crippen LogP contribution in [0.5, 0.6) is 11.5 Å². The molecule has 2 aromatic carbocycles. The Kier molecular flexibility index (Phi) is 5.22. The van der Waals surface area contributed by atoms with Crippen LogP contribution in [0.25, 0.3) is 5.69 Å². The summed E-state index contributed by atoms with van der Waals surface area (Å²) < 4.78 is 13.8. The van der Waals surface area contributed by atoms with E-state index in [1.807, 2.05) is 44.3 Å². The van der Waals surface area contributed by atoms with Gasteiger partial charge in [-0.3, -0.25) is 10.1 Å². The van der Waals surface area contributed by atoms with Gasteiger partial charge in [0, 0.05) is 35.5 Å². The van der Waals surface area contributed by atoms with Crippen LogP contribution in [0, 0.1) is 10.1 Å². The fourth-order valence-corrected chi connectivity index (χ4v) is 3.86. The Morgan fingerprint density at radius 3 is 2.45 bits per heavy atom. The number of hydrogen-bond acceptors (Lipinski definition) is 4. The standard InChI is InChI=1S/C22H23N3O4/c1-3-28-20-12-16-14-23-22(15-7-9-17(10-8-15)25(26)27)18-6-5-11-24(18)19(16)13-21(20)29-4-2/h5-13,22-23H,3-4,14H2,1-2H3/p+1/t22-/m1/s1. The van der Waals surface area contributed by atoms with Crippen LogP contribution in [0.2, 0.25) is 0 Å². The zero-order valence-electron chi connectivity index (χ0n) is 16.5. The molecule has 2 N–H and O–H groups in total. The number of fused-ring (bicyclic) bond motifs is 3. The van der Waals surface area contributed by atoms with Gasteiger partial charge in [-0.05, 0) is 44.2 Å². The highest BCUT2D eigenvalue weighted by Crippen LogP contribution is 2.36. The van der Waals surface area contributed by atoms with Crippen LogP contribution in [0.15, 0.2) is 54.7 Å². The smallest absolute Gasteiger partial charge is 0.269 e. The number of benzene rings is 2. The molecular formula is C22H24N3O4+. The summed E-state index contributed by atoms with van der Waals surface area (Å²) in [4.78, 5) is 10.6. The maximum absolute atomic E-state index is 11.0. The highest BCUT2D eigenvalue weighted by molar-refractivity contribution is 5.56. The lowest BCUT2D eigenvalue weighted by atomic mass is 10.0. The van der Waals surface area contributed by atoms with Gasteiger partial charge in [-0.25, -0.2) is 0 Å². The van der Waals surface area contributed by atoms with Gasteiger partial charge in [0.15, 0.2) is 17.5 Å². The Morgan fingerprint density at radius 1 is 1.10 bits per heavy atom. The van der Waals surface area contributed by atoms with Crippen molar-refractivity contribution in [3.63, 3.8) is 0 Å². The van der Waals surface area contributed by atoms with E-state index in [-0.39, 0.29) is 16.7 Å². The van der Waals surface area contributed by atoms with Gasteiger partial charge in [-0.1, -0.05) is 0 Å². The lowest BCUT2D eigenvalue weighted by molar-refractivity contribution is -0.702. The van der Waals surface area contributed by atoms with E-state index in [0.29, 0.717) is 13.2 Å². The topological polar surface area (TPSA) is 83.1 Å². The molecule has 0 unspecified atom stereocenters. The number of hydrogen-bond donors (Lipinski definition) is 1. The van der Waals surface area contributed by atoms with Gasteiger partial charge >= 0.3 is 0 Å². The van der Waals surface area contributed by atoms with Crippen molar-refractivity contribution in [2.45, 2.75) is 26.4 Å². The fraction of sp³-hybridized carbons (Fsp3) is 0.273. The van der Waals surface area contributed by atoms with Gasteiger partial charge in [-0.2, -0.15) is 0 Å². The molecule has 1 aromatic heterocycles. The minimum absolute atomic E-state index is 0.0318. The summed E-state index contributed by atoms with van der Waals surface area (Å²) in [5, 5.41) is 13.2. The molecule has 150 valence electrons. The Morgan fingerprint density at radius 2 is 1.79 bits per heavy atom. The molecule has 7 heteroatoms. The average molecular weight is 394 g/mol. The van der Waals surface area contributed by atoms with E-state index < -0.39 is 0 Å². The summed E-state index contributed by atoms with van der Waals surface area (Å²) in [6.07, 6.45) is 2.04. The second kappa shape index (κ2) is 7.97. The molecule has 29 heavy (non-hydrogen) atoms. The molecule has 0 fully saturated rings. The molecule has 2 heterocycles. The van der Waals surface area contributed by atoms with Crippen molar-refractivity contribution >= 4 is 5.69 Å². The summed E-state index contributed by atoms with van der Waals surface area (Å²) in [5.41, 5.74) is 4.46. The van der Waals surface area contributed by atoms with Crippen LogP contribution in [0.4, 0.5) is 5.69 Å². The summed E-state index contributed by atoms with van der Waals surface area (Å²) in [6.45, 7) is 5.81. The Hall–Kier alpha value is -3.32. The monoisotopic (exact) mass is 394 g/mol. The third-order valence-corrected chi connectivity index (χ3v) is 5.14. The summed E-state index contributed by atoms with van der Waals surface area (Å²) in [5.74, 6) is 1.49. The SMILES string of the molecule is CCOc1cc2c(cc1OCC)-n1cccc1[C@@H](c1ccc([N+](=O)[O-])cc1)[NH2+]C2. The molecule has 0 spiro atoms. The molecule has 7 nitrogen and oxygen atoms in total. The summed E-state index contributed by atoms with van der Waals surface area (Å²) in [6, 6.07) is 15.0. The zero-order valence-corrected chi connectivity index (χ0v) is 16.5. The highest BCUT2D eigenvalue weighted by atomic mass is 16.6. The van der Waals surface area contributed by atoms with Gasteiger partial charge in [0.05, 0.1) is 29.5 Å². The predicted molar refractivity (Wildman–Crippen MR) is 109 cm³/mol. The van der Waals surface area contributed by atoms with E-state index >= 15 is 0 Å². The number of nitrogens with zero attached hydrogens (tertiary/aromatic N) is 2. The minimum atomic E-state index is -0.371. The van der Waals surface area contributed by atoms with Gasteiger partial charge in [-0.15, -0.1) is 0 Å². The number of non-ortho nitro benzene ring substituents is 1. The summed E-state index contributed by atoms with van der Waals surface area (Å²) in [7, 11) is 0. The first-order chi connectivity index (χ1) is 14.1. The van der Waals surface area contributed by atoms with E-state index in [1.54, 1.807) is 12.1 Å². The van der Waals surface area contributed by atoms with Crippen molar-refractivity contribution < 1.29 is 19.7 Å². The molecule has 3 aromatic rings. The van der Waals surface area contributed by atoms with Crippen LogP contribution in [-0.4, -0.2) is 22.7 Å². The van der Waals surface area contributed by atoms with E-state index in [1.165, 1.54) is 0 Å². The first-order valence-electron chi connectivity index (χ1n) is 9.80. The number of aromatic nitrogens is 1. The number of nitro benzene ring substituents is 1. The first-order valence-corrected chi connectivity index (χ1v) is 9.80. The molecule has 1 atom stereocenters. The lowest BCUT2D eigenvalue weighted by Gasteiger charge is -2.16. The van der Waals surface area contributed by atoms with Crippen LogP contribution in [-0.2, 0) is 6.54 Å². The van der Waals surface area contributed by atoms with E-state index in [4.69, 9.17) is 9.47 Å². The average Bonchev–Trinajstić information content (AvgIpc) is 3.14. The Balaban J connectivity index is 1.77. The molecule has 1 aliphatic heterocycles. The minimum Gasteiger partial charge on any atom is -0.490 e. The normalized spacial score (nSPS) is 15.2. The maximum atomic E-state index is 11.0. The lowest BCUT2D eigenvalue weighted by Crippen LogP contribution is -2.83. The van der Waals surface area contributed by atoms with Gasteiger partial charge in [0.2, 0.25) is 0 Å². The van der Waals surface area contributed by atoms with Crippen molar-refractivity contribution in [2.24, 2.45) is 0 Å². The number of nitrogens with two attached hydrogens (primary N) is 1. The quantitative estimate of drug-likeness (QED) is 0.513. The third kappa shape index (κ3) is 3.56. The van der Waals surface area contributed by atoms with E-state index in [9.17, 15) is 10.1 Å². The predicted octanol–water partition coefficient (Wildman–Crippen LogP) is 3.35. The molecule has 0 bridgehead atoms. The number of nitro groups is 1. The molecule has 0 saturated heterocycles. The first kappa shape index (κ1) is 19.0. The van der Waals surface area contributed by atoms with Crippen molar-refractivity contribution in [3.05, 3.63) is 81.7 Å². The molecule has 4 rings (SSSR count). The molecule has 0 amide bonds. The second-order valence-electron chi connectivity index (χ2n) is 6.86. The zero-order chi connectivity index (χ0) is 20.4. The van der Waals surface area contributed by atoms with Crippen molar-refractivity contribution in [1.82, 2.24) is 4.57 Å². The maximum Gasteiger partial charge on any atom is 0.269 e. The third-order valence-electron chi connectivity index (χ3n) is 5.14. The molecular weight excluding hydrogens is 370 g/mol. The molecule has 0 saturated carbocycles. The van der Waals surface area contributed by atoms with Crippen LogP contribution in [0.1, 0.15) is 36.7 Å². The number of quaternary nitrogens is 1. The molecule has 0 aliphatic carbocycles. The number of rotatable bonds is 6. The Bertz CT molecular complexity index is 1030. The molecule has 0 radical (unpaired) electrons. The second-order valence-corrected chi connectivity index (χ2v) is 6.86. The van der Waals surface area contributed by atoms with Crippen LogP contribution < -0.4 is 14.8 Å². The van der Waals surface area contributed by atoms with Crippen LogP contribution in [0.3, 0.4) is 0 Å². The highest BCUT2D eigenvalue weighted by Gasteiger charge is 2.28. The van der Waals surface area contributed by atoms with Crippen LogP contribution >= 0.6 is 0 Å². The Labute approximate surface area is 169 Å². The largest absolute Gasteiger partial charge is 0.490 e. The van der Waals surface area contributed by atoms with Crippen molar-refractivity contribution in [1.29, 1.82) is 0 Å². The van der Waals surface area contributed by atoms with Crippen molar-refractivity contribution in [2.75, 3.05) is 13.2 Å². The molecule has 1 aliphatic rings. The van der Waals surface area contributed by atoms with Gasteiger partial charge in [0.1, 0.15) is 6.54 Å². The van der Waals surface area contributed by atoms with Crippen molar-refractivity contribution in [3.8, 4) is 17.2 Å². The van der Waals surface area contributed by atoms with Gasteiger partial charge in [0.25, 0.3) is 5.69 Å². The van der Waals surface area contributed by atoms with E-state index in [2.05, 4.69) is 22.0 Å². The van der Waals surface area contributed by atoms with Gasteiger partial charge < -0.3 is 19.4 Å². The number of ether oxygens (including phenoxy) is 2.